The van der Waals surface area contributed by atoms with Crippen LogP contribution in [0.15, 0.2) is 12.2 Å². The fraction of sp³-hybridized carbons (Fsp3) is 0.727. The molecular formula is C11H16O8. The highest BCUT2D eigenvalue weighted by molar-refractivity contribution is 5.84. The summed E-state index contributed by atoms with van der Waals surface area (Å²) in [5.74, 6) is -0.484. The van der Waals surface area contributed by atoms with Gasteiger partial charge in [0.05, 0.1) is 13.2 Å². The van der Waals surface area contributed by atoms with E-state index in [0.29, 0.717) is 0 Å². The summed E-state index contributed by atoms with van der Waals surface area (Å²) in [6, 6.07) is 0. The van der Waals surface area contributed by atoms with Crippen LogP contribution in [-0.4, -0.2) is 76.4 Å². The summed E-state index contributed by atoms with van der Waals surface area (Å²) < 4.78 is 15.1. The van der Waals surface area contributed by atoms with E-state index in [2.05, 4.69) is 0 Å². The molecular weight excluding hydrogens is 260 g/mol. The van der Waals surface area contributed by atoms with E-state index in [-0.39, 0.29) is 6.61 Å². The molecule has 19 heavy (non-hydrogen) atoms. The van der Waals surface area contributed by atoms with E-state index in [1.807, 2.05) is 0 Å². The van der Waals surface area contributed by atoms with Gasteiger partial charge in [0.15, 0.2) is 6.29 Å². The lowest BCUT2D eigenvalue weighted by molar-refractivity contribution is -0.303. The van der Waals surface area contributed by atoms with E-state index >= 15 is 0 Å². The number of rotatable bonds is 4. The van der Waals surface area contributed by atoms with E-state index in [1.54, 1.807) is 0 Å². The Morgan fingerprint density at radius 1 is 1.21 bits per heavy atom. The van der Waals surface area contributed by atoms with Crippen LogP contribution in [0.2, 0.25) is 0 Å². The van der Waals surface area contributed by atoms with E-state index in [9.17, 15) is 20.1 Å². The van der Waals surface area contributed by atoms with Crippen molar-refractivity contribution in [1.29, 1.82) is 0 Å². The quantitative estimate of drug-likeness (QED) is 0.408. The second-order valence-electron chi connectivity index (χ2n) is 4.37. The summed E-state index contributed by atoms with van der Waals surface area (Å²) in [4.78, 5) is 10.8. The van der Waals surface area contributed by atoms with Crippen molar-refractivity contribution in [3.05, 3.63) is 12.2 Å². The van der Waals surface area contributed by atoms with E-state index in [0.717, 1.165) is 0 Å². The number of aliphatic hydroxyl groups is 4. The number of ether oxygens (including phenoxy) is 3. The average molecular weight is 276 g/mol. The molecule has 0 spiro atoms. The molecule has 8 heteroatoms. The Kier molecular flexibility index (Phi) is 4.50. The first-order chi connectivity index (χ1) is 9.02. The van der Waals surface area contributed by atoms with Crippen molar-refractivity contribution in [1.82, 2.24) is 0 Å². The fourth-order valence-electron chi connectivity index (χ4n) is 1.90. The monoisotopic (exact) mass is 276 g/mol. The standard InChI is InChI=1S/C11H16O8/c12-3-6-8(14)9(15)10(16)11(19-6)17-4-5-1-2-7(13)18-5/h1-2,5-6,8-12,14-16H,3-4H2/t5-,6-,8+,9+,10+,11+/m0/s1. The summed E-state index contributed by atoms with van der Waals surface area (Å²) in [6.07, 6.45) is -4.46. The van der Waals surface area contributed by atoms with Gasteiger partial charge in [0, 0.05) is 6.08 Å². The molecule has 0 bridgehead atoms. The second kappa shape index (κ2) is 5.95. The molecule has 0 aliphatic carbocycles. The zero-order chi connectivity index (χ0) is 14.0. The predicted molar refractivity (Wildman–Crippen MR) is 58.7 cm³/mol. The van der Waals surface area contributed by atoms with Crippen LogP contribution >= 0.6 is 0 Å². The van der Waals surface area contributed by atoms with E-state index in [1.165, 1.54) is 12.2 Å². The molecule has 1 saturated heterocycles. The molecule has 2 aliphatic rings. The lowest BCUT2D eigenvalue weighted by Gasteiger charge is -2.39. The summed E-state index contributed by atoms with van der Waals surface area (Å²) >= 11 is 0. The van der Waals surface area contributed by atoms with Crippen molar-refractivity contribution in [3.63, 3.8) is 0 Å². The van der Waals surface area contributed by atoms with Gasteiger partial charge < -0.3 is 34.6 Å². The molecule has 0 aromatic heterocycles. The van der Waals surface area contributed by atoms with Gasteiger partial charge in [-0.15, -0.1) is 0 Å². The smallest absolute Gasteiger partial charge is 0.331 e. The van der Waals surface area contributed by atoms with E-state index in [4.69, 9.17) is 19.3 Å². The molecule has 6 atom stereocenters. The van der Waals surface area contributed by atoms with Crippen LogP contribution in [0.4, 0.5) is 0 Å². The Morgan fingerprint density at radius 2 is 1.95 bits per heavy atom. The number of carbonyl (C=O) groups is 1. The molecule has 0 aromatic carbocycles. The highest BCUT2D eigenvalue weighted by Gasteiger charge is 2.44. The van der Waals surface area contributed by atoms with Crippen LogP contribution in [0, 0.1) is 0 Å². The normalized spacial score (nSPS) is 42.4. The van der Waals surface area contributed by atoms with Gasteiger partial charge in [-0.25, -0.2) is 4.79 Å². The van der Waals surface area contributed by atoms with E-state index < -0.39 is 49.4 Å². The Balaban J connectivity index is 1.88. The summed E-state index contributed by atoms with van der Waals surface area (Å²) in [6.45, 7) is -0.589. The molecule has 0 aromatic rings. The van der Waals surface area contributed by atoms with Crippen molar-refractivity contribution in [2.75, 3.05) is 13.2 Å². The Morgan fingerprint density at radius 3 is 2.53 bits per heavy atom. The zero-order valence-electron chi connectivity index (χ0n) is 9.95. The highest BCUT2D eigenvalue weighted by Crippen LogP contribution is 2.22. The molecule has 4 N–H and O–H groups in total. The average Bonchev–Trinajstić information content (AvgIpc) is 2.81. The molecule has 2 aliphatic heterocycles. The Hall–Kier alpha value is -1.03. The van der Waals surface area contributed by atoms with Gasteiger partial charge in [0.25, 0.3) is 0 Å². The number of aliphatic hydroxyl groups excluding tert-OH is 4. The fourth-order valence-corrected chi connectivity index (χ4v) is 1.90. The summed E-state index contributed by atoms with van der Waals surface area (Å²) in [5, 5.41) is 37.8. The third kappa shape index (κ3) is 3.11. The van der Waals surface area contributed by atoms with Crippen molar-refractivity contribution in [3.8, 4) is 0 Å². The van der Waals surface area contributed by atoms with Crippen LogP contribution in [0.1, 0.15) is 0 Å². The molecule has 1 fully saturated rings. The maximum Gasteiger partial charge on any atom is 0.331 e. The maximum atomic E-state index is 10.8. The Labute approximate surface area is 108 Å². The van der Waals surface area contributed by atoms with Crippen LogP contribution < -0.4 is 0 Å². The number of hydrogen-bond donors (Lipinski definition) is 4. The van der Waals surface area contributed by atoms with Crippen LogP contribution in [-0.2, 0) is 19.0 Å². The van der Waals surface area contributed by atoms with Crippen LogP contribution in [0.25, 0.3) is 0 Å². The van der Waals surface area contributed by atoms with Crippen LogP contribution in [0.3, 0.4) is 0 Å². The van der Waals surface area contributed by atoms with Gasteiger partial charge in [-0.3, -0.25) is 0 Å². The highest BCUT2D eigenvalue weighted by atomic mass is 16.7. The number of carbonyl (C=O) groups excluding carboxylic acids is 1. The second-order valence-corrected chi connectivity index (χ2v) is 4.37. The number of hydrogen-bond acceptors (Lipinski definition) is 8. The first-order valence-corrected chi connectivity index (χ1v) is 5.84. The minimum absolute atomic E-state index is 0.0646. The summed E-state index contributed by atoms with van der Waals surface area (Å²) in [7, 11) is 0. The third-order valence-electron chi connectivity index (χ3n) is 2.99. The minimum atomic E-state index is -1.49. The molecule has 2 rings (SSSR count). The Bertz CT molecular complexity index is 355. The van der Waals surface area contributed by atoms with Crippen molar-refractivity contribution in [2.24, 2.45) is 0 Å². The molecule has 0 radical (unpaired) electrons. The molecule has 8 nitrogen and oxygen atoms in total. The van der Waals surface area contributed by atoms with Gasteiger partial charge >= 0.3 is 5.97 Å². The van der Waals surface area contributed by atoms with Gasteiger partial charge in [0.2, 0.25) is 0 Å². The van der Waals surface area contributed by atoms with Crippen molar-refractivity contribution in [2.45, 2.75) is 36.8 Å². The SMILES string of the molecule is O=C1C=C[C@@H](CO[C@@H]2O[C@@H](CO)[C@@H](O)[C@@H](O)[C@H]2O)O1. The topological polar surface area (TPSA) is 126 Å². The van der Waals surface area contributed by atoms with Crippen LogP contribution in [0.5, 0.6) is 0 Å². The number of cyclic esters (lactones) is 1. The van der Waals surface area contributed by atoms with Crippen molar-refractivity contribution >= 4 is 5.97 Å². The largest absolute Gasteiger partial charge is 0.452 e. The van der Waals surface area contributed by atoms with Gasteiger partial charge in [-0.2, -0.15) is 0 Å². The van der Waals surface area contributed by atoms with Crippen molar-refractivity contribution < 1.29 is 39.4 Å². The minimum Gasteiger partial charge on any atom is -0.452 e. The predicted octanol–water partition coefficient (Wildman–Crippen LogP) is -2.72. The first-order valence-electron chi connectivity index (χ1n) is 5.84. The third-order valence-corrected chi connectivity index (χ3v) is 2.99. The number of esters is 1. The molecule has 0 amide bonds. The van der Waals surface area contributed by atoms with Gasteiger partial charge in [-0.05, 0) is 6.08 Å². The lowest BCUT2D eigenvalue weighted by Crippen LogP contribution is -2.59. The first kappa shape index (κ1) is 14.4. The summed E-state index contributed by atoms with van der Waals surface area (Å²) in [5.41, 5.74) is 0. The molecule has 108 valence electrons. The maximum absolute atomic E-state index is 10.8. The molecule has 0 unspecified atom stereocenters. The van der Waals surface area contributed by atoms with Gasteiger partial charge in [0.1, 0.15) is 30.5 Å². The molecule has 0 saturated carbocycles. The zero-order valence-corrected chi connectivity index (χ0v) is 9.95. The lowest BCUT2D eigenvalue weighted by atomic mass is 9.99. The van der Waals surface area contributed by atoms with Gasteiger partial charge in [-0.1, -0.05) is 0 Å². The molecule has 2 heterocycles.